The third kappa shape index (κ3) is 4.03. The van der Waals surface area contributed by atoms with Crippen molar-refractivity contribution in [3.8, 4) is 34.4 Å². The Morgan fingerprint density at radius 3 is 2.58 bits per heavy atom. The third-order valence-corrected chi connectivity index (χ3v) is 7.21. The lowest BCUT2D eigenvalue weighted by Gasteiger charge is -2.34. The van der Waals surface area contributed by atoms with Crippen LogP contribution in [0.2, 0.25) is 0 Å². The quantitative estimate of drug-likeness (QED) is 0.542. The van der Waals surface area contributed by atoms with Crippen LogP contribution < -0.4 is 9.47 Å². The lowest BCUT2D eigenvalue weighted by Crippen LogP contribution is -2.52. The van der Waals surface area contributed by atoms with Crippen LogP contribution >= 0.6 is 0 Å². The van der Waals surface area contributed by atoms with Gasteiger partial charge in [-0.1, -0.05) is 0 Å². The predicted molar refractivity (Wildman–Crippen MR) is 134 cm³/mol. The number of ether oxygens (including phenoxy) is 2. The van der Waals surface area contributed by atoms with Gasteiger partial charge < -0.3 is 23.8 Å². The zero-order valence-corrected chi connectivity index (χ0v) is 21.4. The highest BCUT2D eigenvalue weighted by molar-refractivity contribution is 5.88. The molecule has 1 amide bonds. The normalized spacial score (nSPS) is 18.9. The molecular formula is C26H33N7O3. The maximum atomic E-state index is 13.2. The van der Waals surface area contributed by atoms with Gasteiger partial charge in [-0.2, -0.15) is 5.10 Å². The molecule has 36 heavy (non-hydrogen) atoms. The molecule has 1 saturated heterocycles. The lowest BCUT2D eigenvalue weighted by molar-refractivity contribution is -0.142. The van der Waals surface area contributed by atoms with Gasteiger partial charge in [-0.3, -0.25) is 4.79 Å². The first-order valence-corrected chi connectivity index (χ1v) is 12.8. The van der Waals surface area contributed by atoms with Gasteiger partial charge in [0.2, 0.25) is 0 Å². The molecule has 10 heteroatoms. The molecule has 3 aromatic rings. The molecule has 3 aliphatic rings. The van der Waals surface area contributed by atoms with E-state index in [1.54, 1.807) is 0 Å². The van der Waals surface area contributed by atoms with E-state index in [2.05, 4.69) is 40.4 Å². The molecule has 0 spiro atoms. The van der Waals surface area contributed by atoms with E-state index in [1.165, 1.54) is 0 Å². The van der Waals surface area contributed by atoms with E-state index in [4.69, 9.17) is 14.5 Å². The largest absolute Gasteiger partial charge is 0.491 e. The Balaban J connectivity index is 1.26. The van der Waals surface area contributed by atoms with Crippen LogP contribution in [0.25, 0.3) is 22.9 Å². The molecule has 0 atom stereocenters. The molecule has 2 aliphatic heterocycles. The van der Waals surface area contributed by atoms with Crippen molar-refractivity contribution in [2.45, 2.75) is 51.8 Å². The Kier molecular flexibility index (Phi) is 5.51. The molecule has 10 nitrogen and oxygen atoms in total. The summed E-state index contributed by atoms with van der Waals surface area (Å²) in [6, 6.07) is 5.98. The zero-order chi connectivity index (χ0) is 25.0. The molecule has 0 radical (unpaired) electrons. The number of rotatable bonds is 5. The molecule has 1 aliphatic carbocycles. The van der Waals surface area contributed by atoms with Gasteiger partial charge >= 0.3 is 0 Å². The van der Waals surface area contributed by atoms with Crippen molar-refractivity contribution >= 4 is 5.91 Å². The van der Waals surface area contributed by atoms with Crippen LogP contribution in [0, 0.1) is 6.92 Å². The van der Waals surface area contributed by atoms with Crippen LogP contribution in [0.5, 0.6) is 11.5 Å². The molecule has 1 aromatic carbocycles. The number of carbonyl (C=O) groups is 1. The second kappa shape index (κ2) is 8.62. The fourth-order valence-corrected chi connectivity index (χ4v) is 4.99. The van der Waals surface area contributed by atoms with E-state index in [0.717, 1.165) is 67.8 Å². The summed E-state index contributed by atoms with van der Waals surface area (Å²) in [7, 11) is 2.09. The number of aryl methyl sites for hydroxylation is 1. The highest BCUT2D eigenvalue weighted by Crippen LogP contribution is 2.44. The van der Waals surface area contributed by atoms with Gasteiger partial charge in [0.15, 0.2) is 11.4 Å². The first kappa shape index (κ1) is 23.0. The number of benzene rings is 1. The first-order chi connectivity index (χ1) is 17.3. The maximum absolute atomic E-state index is 13.2. The van der Waals surface area contributed by atoms with Crippen LogP contribution in [-0.4, -0.2) is 85.5 Å². The number of likely N-dealkylation sites (N-methyl/N-ethyl adjacent to an activating group) is 1. The summed E-state index contributed by atoms with van der Waals surface area (Å²) in [5.41, 5.74) is 0.954. The second-order valence-electron chi connectivity index (χ2n) is 10.4. The summed E-state index contributed by atoms with van der Waals surface area (Å²) >= 11 is 0. The van der Waals surface area contributed by atoms with Crippen molar-refractivity contribution in [3.63, 3.8) is 0 Å². The fourth-order valence-electron chi connectivity index (χ4n) is 4.99. The topological polar surface area (TPSA) is 90.5 Å². The SMILES string of the molecule is Cc1nc(-c2cn3c(n2)-c2ccc(OC4(C(=O)N5CCN(C)CC5)CC4)cc2OCC3)n(C(C)C)n1. The van der Waals surface area contributed by atoms with Crippen molar-refractivity contribution in [3.05, 3.63) is 30.2 Å². The van der Waals surface area contributed by atoms with Crippen molar-refractivity contribution in [1.82, 2.24) is 34.1 Å². The Bertz CT molecular complexity index is 1300. The third-order valence-electron chi connectivity index (χ3n) is 7.21. The van der Waals surface area contributed by atoms with Crippen molar-refractivity contribution < 1.29 is 14.3 Å². The Labute approximate surface area is 210 Å². The highest BCUT2D eigenvalue weighted by Gasteiger charge is 2.55. The fraction of sp³-hybridized carbons (Fsp3) is 0.538. The van der Waals surface area contributed by atoms with E-state index in [0.29, 0.717) is 24.7 Å². The van der Waals surface area contributed by atoms with Crippen LogP contribution in [0.1, 0.15) is 38.6 Å². The van der Waals surface area contributed by atoms with Gasteiger partial charge in [0.05, 0.1) is 12.1 Å². The van der Waals surface area contributed by atoms with E-state index in [1.807, 2.05) is 40.9 Å². The molecule has 1 saturated carbocycles. The molecule has 190 valence electrons. The summed E-state index contributed by atoms with van der Waals surface area (Å²) in [6.07, 6.45) is 3.52. The van der Waals surface area contributed by atoms with Crippen LogP contribution in [-0.2, 0) is 11.3 Å². The van der Waals surface area contributed by atoms with Gasteiger partial charge in [-0.15, -0.1) is 0 Å². The highest BCUT2D eigenvalue weighted by atomic mass is 16.5. The van der Waals surface area contributed by atoms with E-state index >= 15 is 0 Å². The smallest absolute Gasteiger partial charge is 0.266 e. The minimum Gasteiger partial charge on any atom is -0.491 e. The Morgan fingerprint density at radius 2 is 1.86 bits per heavy atom. The molecule has 0 bridgehead atoms. The number of aromatic nitrogens is 5. The number of nitrogens with zero attached hydrogens (tertiary/aromatic N) is 7. The van der Waals surface area contributed by atoms with Gasteiger partial charge in [-0.25, -0.2) is 14.6 Å². The molecule has 6 rings (SSSR count). The van der Waals surface area contributed by atoms with Crippen molar-refractivity contribution in [2.24, 2.45) is 0 Å². The van der Waals surface area contributed by atoms with Gasteiger partial charge in [-0.05, 0) is 40.0 Å². The molecule has 0 N–H and O–H groups in total. The zero-order valence-electron chi connectivity index (χ0n) is 21.4. The second-order valence-corrected chi connectivity index (χ2v) is 10.4. The lowest BCUT2D eigenvalue weighted by atomic mass is 10.1. The number of piperazine rings is 1. The minimum absolute atomic E-state index is 0.108. The van der Waals surface area contributed by atoms with Crippen molar-refractivity contribution in [2.75, 3.05) is 39.8 Å². The maximum Gasteiger partial charge on any atom is 0.266 e. The Hall–Kier alpha value is -3.40. The molecule has 2 aromatic heterocycles. The summed E-state index contributed by atoms with van der Waals surface area (Å²) in [4.78, 5) is 27.0. The number of hydrogen-bond acceptors (Lipinski definition) is 7. The van der Waals surface area contributed by atoms with Crippen LogP contribution in [0.15, 0.2) is 24.4 Å². The number of imidazole rings is 1. The number of amides is 1. The molecular weight excluding hydrogens is 458 g/mol. The number of carbonyl (C=O) groups excluding carboxylic acids is 1. The van der Waals surface area contributed by atoms with Crippen LogP contribution in [0.4, 0.5) is 0 Å². The van der Waals surface area contributed by atoms with Gasteiger partial charge in [0.25, 0.3) is 5.91 Å². The van der Waals surface area contributed by atoms with E-state index in [9.17, 15) is 4.79 Å². The standard InChI is InChI=1S/C26H33N7O3/c1-17(2)33-24(27-18(3)29-33)21-16-32-13-14-35-22-15-19(5-6-20(22)23(32)28-21)36-26(7-8-26)25(34)31-11-9-30(4)10-12-31/h5-6,15-17H,7-14H2,1-4H3. The summed E-state index contributed by atoms with van der Waals surface area (Å²) < 4.78 is 16.4. The van der Waals surface area contributed by atoms with Gasteiger partial charge in [0.1, 0.15) is 35.4 Å². The van der Waals surface area contributed by atoms with E-state index in [-0.39, 0.29) is 11.9 Å². The van der Waals surface area contributed by atoms with Gasteiger partial charge in [0, 0.05) is 57.3 Å². The first-order valence-electron chi connectivity index (χ1n) is 12.8. The predicted octanol–water partition coefficient (Wildman–Crippen LogP) is 2.78. The average Bonchev–Trinajstić information content (AvgIpc) is 3.40. The summed E-state index contributed by atoms with van der Waals surface area (Å²) in [6.45, 7) is 10.6. The number of fused-ring (bicyclic) bond motifs is 3. The van der Waals surface area contributed by atoms with Crippen LogP contribution in [0.3, 0.4) is 0 Å². The average molecular weight is 492 g/mol. The van der Waals surface area contributed by atoms with E-state index < -0.39 is 5.60 Å². The summed E-state index contributed by atoms with van der Waals surface area (Å²) in [5, 5.41) is 4.54. The van der Waals surface area contributed by atoms with Crippen molar-refractivity contribution in [1.29, 1.82) is 0 Å². The molecule has 0 unspecified atom stereocenters. The summed E-state index contributed by atoms with van der Waals surface area (Å²) in [5.74, 6) is 3.80. The molecule has 4 heterocycles. The Morgan fingerprint density at radius 1 is 1.08 bits per heavy atom. The molecule has 2 fully saturated rings. The number of hydrogen-bond donors (Lipinski definition) is 0. The monoisotopic (exact) mass is 491 g/mol. The minimum atomic E-state index is -0.737.